The van der Waals surface area contributed by atoms with E-state index in [0.29, 0.717) is 0 Å². The van der Waals surface area contributed by atoms with Gasteiger partial charge in [-0.3, -0.25) is 4.79 Å². The van der Waals surface area contributed by atoms with Crippen LogP contribution in [0.3, 0.4) is 0 Å². The van der Waals surface area contributed by atoms with Gasteiger partial charge in [-0.15, -0.1) is 0 Å². The van der Waals surface area contributed by atoms with Crippen molar-refractivity contribution in [1.29, 1.82) is 0 Å². The zero-order chi connectivity index (χ0) is 11.5. The van der Waals surface area contributed by atoms with Gasteiger partial charge >= 0.3 is 0 Å². The van der Waals surface area contributed by atoms with E-state index in [1.165, 1.54) is 0 Å². The average Bonchev–Trinajstić information content (AvgIpc) is 2.32. The zero-order valence-corrected chi connectivity index (χ0v) is 9.75. The Kier molecular flexibility index (Phi) is 3.09. The van der Waals surface area contributed by atoms with E-state index >= 15 is 0 Å². The molecule has 1 aromatic rings. The van der Waals surface area contributed by atoms with Crippen LogP contribution in [-0.2, 0) is 4.74 Å². The zero-order valence-electron chi connectivity index (χ0n) is 9.75. The van der Waals surface area contributed by atoms with Gasteiger partial charge in [0, 0.05) is 11.1 Å². The first kappa shape index (κ1) is 10.9. The van der Waals surface area contributed by atoms with Gasteiger partial charge in [0.25, 0.3) is 0 Å². The maximum Gasteiger partial charge on any atom is 0.192 e. The van der Waals surface area contributed by atoms with E-state index in [1.807, 2.05) is 32.0 Å². The van der Waals surface area contributed by atoms with Crippen LogP contribution in [0, 0.1) is 13.8 Å². The summed E-state index contributed by atoms with van der Waals surface area (Å²) >= 11 is 0. The van der Waals surface area contributed by atoms with Gasteiger partial charge in [-0.2, -0.15) is 0 Å². The molecule has 0 N–H and O–H groups in total. The maximum atomic E-state index is 12.2. The van der Waals surface area contributed by atoms with E-state index in [0.717, 1.165) is 41.7 Å². The molecule has 0 aromatic heterocycles. The SMILES string of the molecule is Cc1ccc(C)c(C(=O)C2=COCCC2)c1. The molecule has 1 aliphatic heterocycles. The van der Waals surface area contributed by atoms with Gasteiger partial charge in [0.05, 0.1) is 12.9 Å². The lowest BCUT2D eigenvalue weighted by Gasteiger charge is -2.14. The van der Waals surface area contributed by atoms with Crippen molar-refractivity contribution >= 4 is 5.78 Å². The molecule has 0 aliphatic carbocycles. The minimum Gasteiger partial charge on any atom is -0.501 e. The highest BCUT2D eigenvalue weighted by molar-refractivity contribution is 6.09. The van der Waals surface area contributed by atoms with E-state index in [1.54, 1.807) is 6.26 Å². The van der Waals surface area contributed by atoms with Crippen molar-refractivity contribution in [3.05, 3.63) is 46.7 Å². The summed E-state index contributed by atoms with van der Waals surface area (Å²) in [5, 5.41) is 0. The van der Waals surface area contributed by atoms with Crippen LogP contribution < -0.4 is 0 Å². The van der Waals surface area contributed by atoms with Gasteiger partial charge in [0.1, 0.15) is 0 Å². The van der Waals surface area contributed by atoms with Crippen molar-refractivity contribution in [2.75, 3.05) is 6.61 Å². The van der Waals surface area contributed by atoms with Crippen LogP contribution in [0.1, 0.15) is 34.3 Å². The first-order valence-corrected chi connectivity index (χ1v) is 5.61. The Morgan fingerprint density at radius 2 is 2.12 bits per heavy atom. The smallest absolute Gasteiger partial charge is 0.192 e. The minimum atomic E-state index is 0.112. The molecule has 0 radical (unpaired) electrons. The number of hydrogen-bond acceptors (Lipinski definition) is 2. The summed E-state index contributed by atoms with van der Waals surface area (Å²) < 4.78 is 5.21. The molecule has 16 heavy (non-hydrogen) atoms. The Morgan fingerprint density at radius 1 is 1.31 bits per heavy atom. The second kappa shape index (κ2) is 4.52. The lowest BCUT2D eigenvalue weighted by atomic mass is 9.95. The lowest BCUT2D eigenvalue weighted by Crippen LogP contribution is -2.10. The van der Waals surface area contributed by atoms with E-state index in [4.69, 9.17) is 4.74 Å². The second-order valence-electron chi connectivity index (χ2n) is 4.26. The average molecular weight is 216 g/mol. The lowest BCUT2D eigenvalue weighted by molar-refractivity contribution is 0.101. The fraction of sp³-hybridized carbons (Fsp3) is 0.357. The molecule has 0 bridgehead atoms. The number of carbonyl (C=O) groups is 1. The van der Waals surface area contributed by atoms with E-state index < -0.39 is 0 Å². The standard InChI is InChI=1S/C14H16O2/c1-10-5-6-11(2)13(8-10)14(15)12-4-3-7-16-9-12/h5-6,8-9H,3-4,7H2,1-2H3. The summed E-state index contributed by atoms with van der Waals surface area (Å²) in [7, 11) is 0. The van der Waals surface area contributed by atoms with Crippen LogP contribution in [0.4, 0.5) is 0 Å². The molecule has 0 unspecified atom stereocenters. The number of allylic oxidation sites excluding steroid dienone is 1. The number of hydrogen-bond donors (Lipinski definition) is 0. The molecule has 1 heterocycles. The third kappa shape index (κ3) is 2.16. The van der Waals surface area contributed by atoms with Crippen LogP contribution in [0.2, 0.25) is 0 Å². The molecule has 0 saturated carbocycles. The molecule has 2 rings (SSSR count). The van der Waals surface area contributed by atoms with Crippen molar-refractivity contribution in [1.82, 2.24) is 0 Å². The highest BCUT2D eigenvalue weighted by Gasteiger charge is 2.17. The fourth-order valence-electron chi connectivity index (χ4n) is 1.88. The predicted molar refractivity (Wildman–Crippen MR) is 63.5 cm³/mol. The summed E-state index contributed by atoms with van der Waals surface area (Å²) in [5.41, 5.74) is 3.74. The van der Waals surface area contributed by atoms with Crippen molar-refractivity contribution in [2.45, 2.75) is 26.7 Å². The Balaban J connectivity index is 2.33. The third-order valence-corrected chi connectivity index (χ3v) is 2.86. The highest BCUT2D eigenvalue weighted by atomic mass is 16.5. The van der Waals surface area contributed by atoms with Crippen LogP contribution in [0.15, 0.2) is 30.0 Å². The summed E-state index contributed by atoms with van der Waals surface area (Å²) in [6.07, 6.45) is 3.38. The number of benzene rings is 1. The van der Waals surface area contributed by atoms with Gasteiger partial charge < -0.3 is 4.74 Å². The van der Waals surface area contributed by atoms with E-state index in [9.17, 15) is 4.79 Å². The fourth-order valence-corrected chi connectivity index (χ4v) is 1.88. The summed E-state index contributed by atoms with van der Waals surface area (Å²) in [4.78, 5) is 12.2. The molecule has 1 aromatic carbocycles. The number of ether oxygens (including phenoxy) is 1. The van der Waals surface area contributed by atoms with Crippen LogP contribution in [0.5, 0.6) is 0 Å². The number of aryl methyl sites for hydroxylation is 2. The summed E-state index contributed by atoms with van der Waals surface area (Å²) in [5.74, 6) is 0.112. The molecular weight excluding hydrogens is 200 g/mol. The molecule has 2 heteroatoms. The van der Waals surface area contributed by atoms with Gasteiger partial charge in [-0.05, 0) is 38.3 Å². The molecule has 0 saturated heterocycles. The van der Waals surface area contributed by atoms with Gasteiger partial charge in [-0.25, -0.2) is 0 Å². The van der Waals surface area contributed by atoms with Crippen molar-refractivity contribution in [3.63, 3.8) is 0 Å². The first-order chi connectivity index (χ1) is 7.68. The van der Waals surface area contributed by atoms with Crippen molar-refractivity contribution in [3.8, 4) is 0 Å². The highest BCUT2D eigenvalue weighted by Crippen LogP contribution is 2.20. The van der Waals surface area contributed by atoms with Crippen LogP contribution >= 0.6 is 0 Å². The topological polar surface area (TPSA) is 26.3 Å². The Bertz CT molecular complexity index is 444. The molecule has 1 aliphatic rings. The van der Waals surface area contributed by atoms with Crippen molar-refractivity contribution < 1.29 is 9.53 Å². The van der Waals surface area contributed by atoms with Crippen molar-refractivity contribution in [2.24, 2.45) is 0 Å². The van der Waals surface area contributed by atoms with Crippen LogP contribution in [-0.4, -0.2) is 12.4 Å². The molecule has 2 nitrogen and oxygen atoms in total. The number of ketones is 1. The predicted octanol–water partition coefficient (Wildman–Crippen LogP) is 3.18. The minimum absolute atomic E-state index is 0.112. The summed E-state index contributed by atoms with van der Waals surface area (Å²) in [6, 6.07) is 5.97. The second-order valence-corrected chi connectivity index (χ2v) is 4.26. The Hall–Kier alpha value is -1.57. The Morgan fingerprint density at radius 3 is 2.81 bits per heavy atom. The number of carbonyl (C=O) groups excluding carboxylic acids is 1. The normalized spacial score (nSPS) is 15.2. The molecule has 0 atom stereocenters. The van der Waals surface area contributed by atoms with Gasteiger partial charge in [-0.1, -0.05) is 17.7 Å². The van der Waals surface area contributed by atoms with Crippen LogP contribution in [0.25, 0.3) is 0 Å². The summed E-state index contributed by atoms with van der Waals surface area (Å²) in [6.45, 7) is 4.70. The molecule has 0 fully saturated rings. The largest absolute Gasteiger partial charge is 0.501 e. The van der Waals surface area contributed by atoms with E-state index in [2.05, 4.69) is 0 Å². The third-order valence-electron chi connectivity index (χ3n) is 2.86. The number of Topliss-reactive ketones (excluding diaryl/α,β-unsaturated/α-hetero) is 1. The molecule has 84 valence electrons. The first-order valence-electron chi connectivity index (χ1n) is 5.61. The van der Waals surface area contributed by atoms with Gasteiger partial charge in [0.2, 0.25) is 0 Å². The van der Waals surface area contributed by atoms with E-state index in [-0.39, 0.29) is 5.78 Å². The molecule has 0 spiro atoms. The monoisotopic (exact) mass is 216 g/mol. The quantitative estimate of drug-likeness (QED) is 0.710. The molecular formula is C14H16O2. The Labute approximate surface area is 95.9 Å². The maximum absolute atomic E-state index is 12.2. The van der Waals surface area contributed by atoms with Gasteiger partial charge in [0.15, 0.2) is 5.78 Å². The number of rotatable bonds is 2. The molecule has 0 amide bonds.